The van der Waals surface area contributed by atoms with Gasteiger partial charge in [0.05, 0.1) is 18.0 Å². The molecule has 1 amide bonds. The number of thiocarbonyl (C=S) groups is 1. The van der Waals surface area contributed by atoms with Crippen molar-refractivity contribution in [1.82, 2.24) is 4.90 Å². The van der Waals surface area contributed by atoms with Gasteiger partial charge in [0.1, 0.15) is 0 Å². The molecule has 0 fully saturated rings. The van der Waals surface area contributed by atoms with E-state index in [1.807, 2.05) is 33.8 Å². The second-order valence-electron chi connectivity index (χ2n) is 5.19. The lowest BCUT2D eigenvalue weighted by molar-refractivity contribution is -0.131. The van der Waals surface area contributed by atoms with E-state index in [9.17, 15) is 4.79 Å². The number of carbonyl (C=O) groups excluding carboxylic acids is 1. The first kappa shape index (κ1) is 15.6. The van der Waals surface area contributed by atoms with Gasteiger partial charge in [-0.2, -0.15) is 0 Å². The number of benzene rings is 1. The van der Waals surface area contributed by atoms with E-state index >= 15 is 0 Å². The van der Waals surface area contributed by atoms with Gasteiger partial charge in [-0.15, -0.1) is 0 Å². The summed E-state index contributed by atoms with van der Waals surface area (Å²) < 4.78 is 0. The molecule has 1 aromatic carbocycles. The fourth-order valence-corrected chi connectivity index (χ4v) is 2.12. The van der Waals surface area contributed by atoms with Gasteiger partial charge in [-0.25, -0.2) is 0 Å². The van der Waals surface area contributed by atoms with Crippen LogP contribution in [0.1, 0.15) is 30.5 Å². The molecule has 4 heteroatoms. The third-order valence-electron chi connectivity index (χ3n) is 3.12. The lowest BCUT2D eigenvalue weighted by Crippen LogP contribution is -2.43. The molecule has 104 valence electrons. The lowest BCUT2D eigenvalue weighted by Gasteiger charge is -2.26. The number of hydrogen-bond donors (Lipinski definition) is 1. The van der Waals surface area contributed by atoms with Gasteiger partial charge in [-0.05, 0) is 38.8 Å². The lowest BCUT2D eigenvalue weighted by atomic mass is 10.0. The summed E-state index contributed by atoms with van der Waals surface area (Å²) in [5, 5.41) is 0. The van der Waals surface area contributed by atoms with Crippen molar-refractivity contribution in [2.45, 2.75) is 40.2 Å². The van der Waals surface area contributed by atoms with Gasteiger partial charge in [-0.1, -0.05) is 36.0 Å². The van der Waals surface area contributed by atoms with Crippen molar-refractivity contribution in [3.8, 4) is 0 Å². The highest BCUT2D eigenvalue weighted by Crippen LogP contribution is 2.13. The average molecular weight is 278 g/mol. The van der Waals surface area contributed by atoms with E-state index in [1.54, 1.807) is 4.90 Å². The molecule has 1 aromatic rings. The molecule has 1 rings (SSSR count). The summed E-state index contributed by atoms with van der Waals surface area (Å²) >= 11 is 4.91. The van der Waals surface area contributed by atoms with Crippen molar-refractivity contribution >= 4 is 23.1 Å². The molecule has 3 nitrogen and oxygen atoms in total. The first-order valence-corrected chi connectivity index (χ1v) is 6.86. The SMILES string of the molecule is Cc1ccc(C)c(CC(=O)N(CC(N)=S)C(C)C)c1. The Morgan fingerprint density at radius 2 is 2.00 bits per heavy atom. The Balaban J connectivity index is 2.87. The maximum Gasteiger partial charge on any atom is 0.227 e. The summed E-state index contributed by atoms with van der Waals surface area (Å²) in [7, 11) is 0. The van der Waals surface area contributed by atoms with Crippen molar-refractivity contribution in [3.05, 3.63) is 34.9 Å². The quantitative estimate of drug-likeness (QED) is 0.841. The Labute approximate surface area is 120 Å². The van der Waals surface area contributed by atoms with Crippen molar-refractivity contribution in [1.29, 1.82) is 0 Å². The molecule has 0 bridgehead atoms. The van der Waals surface area contributed by atoms with Crippen LogP contribution in [0.4, 0.5) is 0 Å². The molecular weight excluding hydrogens is 256 g/mol. The molecule has 0 aromatic heterocycles. The standard InChI is InChI=1S/C15H22N2OS/c1-10(2)17(9-14(16)19)15(18)8-13-7-11(3)5-6-12(13)4/h5-7,10H,8-9H2,1-4H3,(H2,16,19). The number of nitrogens with zero attached hydrogens (tertiary/aromatic N) is 1. The van der Waals surface area contributed by atoms with Crippen LogP contribution in [0.2, 0.25) is 0 Å². The monoisotopic (exact) mass is 278 g/mol. The second kappa shape index (κ2) is 6.66. The number of carbonyl (C=O) groups is 1. The van der Waals surface area contributed by atoms with E-state index in [0.29, 0.717) is 18.0 Å². The summed E-state index contributed by atoms with van der Waals surface area (Å²) in [6.45, 7) is 8.34. The van der Waals surface area contributed by atoms with Gasteiger partial charge < -0.3 is 10.6 Å². The molecular formula is C15H22N2OS. The van der Waals surface area contributed by atoms with Crippen LogP contribution >= 0.6 is 12.2 Å². The third kappa shape index (κ3) is 4.63. The first-order chi connectivity index (χ1) is 8.81. The molecule has 0 radical (unpaired) electrons. The van der Waals surface area contributed by atoms with Crippen LogP contribution in [0.15, 0.2) is 18.2 Å². The largest absolute Gasteiger partial charge is 0.392 e. The molecule has 0 unspecified atom stereocenters. The van der Waals surface area contributed by atoms with Crippen LogP contribution in [0.5, 0.6) is 0 Å². The second-order valence-corrected chi connectivity index (χ2v) is 5.71. The van der Waals surface area contributed by atoms with Gasteiger partial charge in [0.15, 0.2) is 0 Å². The summed E-state index contributed by atoms with van der Waals surface area (Å²) in [5.41, 5.74) is 8.92. The van der Waals surface area contributed by atoms with Crippen molar-refractivity contribution in [2.24, 2.45) is 5.73 Å². The van der Waals surface area contributed by atoms with Gasteiger partial charge in [0, 0.05) is 6.04 Å². The fourth-order valence-electron chi connectivity index (χ4n) is 1.98. The Kier molecular flexibility index (Phi) is 5.48. The van der Waals surface area contributed by atoms with Crippen molar-refractivity contribution in [3.63, 3.8) is 0 Å². The third-order valence-corrected chi connectivity index (χ3v) is 3.25. The van der Waals surface area contributed by atoms with E-state index in [1.165, 1.54) is 5.56 Å². The molecule has 0 saturated carbocycles. The molecule has 0 saturated heterocycles. The van der Waals surface area contributed by atoms with E-state index in [-0.39, 0.29) is 11.9 Å². The molecule has 0 heterocycles. The van der Waals surface area contributed by atoms with E-state index in [2.05, 4.69) is 12.1 Å². The number of rotatable bonds is 5. The van der Waals surface area contributed by atoms with E-state index in [4.69, 9.17) is 18.0 Å². The minimum atomic E-state index is 0.0662. The smallest absolute Gasteiger partial charge is 0.227 e. The molecule has 19 heavy (non-hydrogen) atoms. The summed E-state index contributed by atoms with van der Waals surface area (Å²) in [4.78, 5) is 14.4. The van der Waals surface area contributed by atoms with Crippen LogP contribution in [0, 0.1) is 13.8 Å². The molecule has 0 aliphatic rings. The molecule has 0 atom stereocenters. The average Bonchev–Trinajstić information content (AvgIpc) is 2.30. The van der Waals surface area contributed by atoms with Gasteiger partial charge >= 0.3 is 0 Å². The topological polar surface area (TPSA) is 46.3 Å². The predicted octanol–water partition coefficient (Wildman–Crippen LogP) is 2.37. The number of aryl methyl sites for hydroxylation is 2. The van der Waals surface area contributed by atoms with Crippen LogP contribution < -0.4 is 5.73 Å². The minimum absolute atomic E-state index is 0.0662. The van der Waals surface area contributed by atoms with Crippen LogP contribution in [0.3, 0.4) is 0 Å². The normalized spacial score (nSPS) is 10.6. The van der Waals surface area contributed by atoms with Crippen LogP contribution in [-0.2, 0) is 11.2 Å². The zero-order valence-electron chi connectivity index (χ0n) is 12.1. The first-order valence-electron chi connectivity index (χ1n) is 6.45. The zero-order chi connectivity index (χ0) is 14.6. The Hall–Kier alpha value is -1.42. The highest BCUT2D eigenvalue weighted by atomic mass is 32.1. The maximum atomic E-state index is 12.4. The van der Waals surface area contributed by atoms with Crippen LogP contribution in [-0.4, -0.2) is 28.4 Å². The molecule has 0 aliphatic heterocycles. The van der Waals surface area contributed by atoms with Gasteiger partial charge in [0.25, 0.3) is 0 Å². The van der Waals surface area contributed by atoms with Crippen molar-refractivity contribution in [2.75, 3.05) is 6.54 Å². The maximum absolute atomic E-state index is 12.4. The highest BCUT2D eigenvalue weighted by molar-refractivity contribution is 7.80. The fraction of sp³-hybridized carbons (Fsp3) is 0.467. The van der Waals surface area contributed by atoms with Gasteiger partial charge in [-0.3, -0.25) is 4.79 Å². The number of amides is 1. The minimum Gasteiger partial charge on any atom is -0.392 e. The molecule has 0 aliphatic carbocycles. The van der Waals surface area contributed by atoms with E-state index < -0.39 is 0 Å². The summed E-state index contributed by atoms with van der Waals surface area (Å²) in [6, 6.07) is 6.26. The highest BCUT2D eigenvalue weighted by Gasteiger charge is 2.18. The Morgan fingerprint density at radius 1 is 1.37 bits per heavy atom. The van der Waals surface area contributed by atoms with E-state index in [0.717, 1.165) is 11.1 Å². The molecule has 2 N–H and O–H groups in total. The predicted molar refractivity (Wildman–Crippen MR) is 83.3 cm³/mol. The zero-order valence-corrected chi connectivity index (χ0v) is 12.9. The Bertz CT molecular complexity index is 483. The van der Waals surface area contributed by atoms with Gasteiger partial charge in [0.2, 0.25) is 5.91 Å². The summed E-state index contributed by atoms with van der Waals surface area (Å²) in [5.74, 6) is 0.0662. The number of hydrogen-bond acceptors (Lipinski definition) is 2. The van der Waals surface area contributed by atoms with Crippen LogP contribution in [0.25, 0.3) is 0 Å². The van der Waals surface area contributed by atoms with Crippen molar-refractivity contribution < 1.29 is 4.79 Å². The number of nitrogens with two attached hydrogens (primary N) is 1. The Morgan fingerprint density at radius 3 is 2.53 bits per heavy atom. The molecule has 0 spiro atoms. The summed E-state index contributed by atoms with van der Waals surface area (Å²) in [6.07, 6.45) is 0.397.